The molecule has 18 heavy (non-hydrogen) atoms. The fourth-order valence-corrected chi connectivity index (χ4v) is 2.58. The monoisotopic (exact) mass is 278 g/mol. The maximum Gasteiger partial charge on any atom is 0.211 e. The zero-order valence-electron chi connectivity index (χ0n) is 12.5. The number of rotatable bonds is 9. The molecule has 0 rings (SSSR count). The van der Waals surface area contributed by atoms with Crippen molar-refractivity contribution in [2.45, 2.75) is 47.5 Å². The highest BCUT2D eigenvalue weighted by molar-refractivity contribution is 7.89. The van der Waals surface area contributed by atoms with Gasteiger partial charge in [0.1, 0.15) is 0 Å². The highest BCUT2D eigenvalue weighted by Crippen LogP contribution is 2.24. The van der Waals surface area contributed by atoms with Crippen molar-refractivity contribution >= 4 is 10.0 Å². The predicted octanol–water partition coefficient (Wildman–Crippen LogP) is 1.98. The molecule has 4 nitrogen and oxygen atoms in total. The van der Waals surface area contributed by atoms with E-state index in [9.17, 15) is 8.42 Å². The van der Waals surface area contributed by atoms with Crippen molar-refractivity contribution in [3.05, 3.63) is 0 Å². The van der Waals surface area contributed by atoms with Gasteiger partial charge in [0, 0.05) is 6.54 Å². The molecule has 5 heteroatoms. The van der Waals surface area contributed by atoms with Gasteiger partial charge in [-0.1, -0.05) is 34.6 Å². The second kappa shape index (κ2) is 8.12. The van der Waals surface area contributed by atoms with Crippen LogP contribution in [0.3, 0.4) is 0 Å². The van der Waals surface area contributed by atoms with Crippen molar-refractivity contribution in [1.82, 2.24) is 10.0 Å². The van der Waals surface area contributed by atoms with Gasteiger partial charge in [-0.3, -0.25) is 0 Å². The molecule has 0 aliphatic carbocycles. The molecule has 110 valence electrons. The summed E-state index contributed by atoms with van der Waals surface area (Å²) >= 11 is 0. The van der Waals surface area contributed by atoms with Crippen molar-refractivity contribution < 1.29 is 8.42 Å². The molecule has 0 aliphatic rings. The lowest BCUT2D eigenvalue weighted by Gasteiger charge is -2.27. The van der Waals surface area contributed by atoms with Crippen LogP contribution in [0.25, 0.3) is 0 Å². The molecule has 0 bridgehead atoms. The number of hydrogen-bond acceptors (Lipinski definition) is 3. The number of nitrogens with one attached hydrogen (secondary N) is 2. The first-order chi connectivity index (χ1) is 8.19. The Morgan fingerprint density at radius 1 is 1.17 bits per heavy atom. The van der Waals surface area contributed by atoms with Gasteiger partial charge in [0.05, 0.1) is 5.75 Å². The summed E-state index contributed by atoms with van der Waals surface area (Å²) in [5.41, 5.74) is 0.133. The highest BCUT2D eigenvalue weighted by Gasteiger charge is 2.21. The molecule has 0 aromatic heterocycles. The summed E-state index contributed by atoms with van der Waals surface area (Å²) in [7, 11) is -3.10. The number of hydrogen-bond donors (Lipinski definition) is 2. The molecule has 0 amide bonds. The summed E-state index contributed by atoms with van der Waals surface area (Å²) in [6, 6.07) is 0. The molecular weight excluding hydrogens is 248 g/mol. The smallest absolute Gasteiger partial charge is 0.211 e. The zero-order chi connectivity index (χ0) is 14.2. The van der Waals surface area contributed by atoms with Crippen molar-refractivity contribution in [3.8, 4) is 0 Å². The largest absolute Gasteiger partial charge is 0.317 e. The first kappa shape index (κ1) is 17.9. The maximum atomic E-state index is 11.8. The Morgan fingerprint density at radius 2 is 1.78 bits per heavy atom. The third kappa shape index (κ3) is 8.89. The van der Waals surface area contributed by atoms with Gasteiger partial charge < -0.3 is 5.32 Å². The van der Waals surface area contributed by atoms with Crippen LogP contribution in [0.15, 0.2) is 0 Å². The van der Waals surface area contributed by atoms with Crippen LogP contribution in [0.1, 0.15) is 47.5 Å². The minimum atomic E-state index is -3.10. The van der Waals surface area contributed by atoms with Crippen LogP contribution in [0.4, 0.5) is 0 Å². The van der Waals surface area contributed by atoms with Gasteiger partial charge in [-0.05, 0) is 37.3 Å². The molecular formula is C13H30N2O2S. The van der Waals surface area contributed by atoms with Crippen molar-refractivity contribution in [2.75, 3.05) is 25.4 Å². The Balaban J connectivity index is 3.88. The summed E-state index contributed by atoms with van der Waals surface area (Å²) in [5, 5.41) is 3.19. The third-order valence-corrected chi connectivity index (χ3v) is 4.79. The Morgan fingerprint density at radius 3 is 2.28 bits per heavy atom. The molecule has 0 saturated carbocycles. The zero-order valence-corrected chi connectivity index (χ0v) is 13.4. The first-order valence-electron chi connectivity index (χ1n) is 6.87. The topological polar surface area (TPSA) is 58.2 Å². The number of sulfonamides is 1. The van der Waals surface area contributed by atoms with E-state index < -0.39 is 10.0 Å². The summed E-state index contributed by atoms with van der Waals surface area (Å²) in [4.78, 5) is 0. The Bertz CT molecular complexity index is 307. The van der Waals surface area contributed by atoms with E-state index >= 15 is 0 Å². The molecule has 2 N–H and O–H groups in total. The SMILES string of the molecule is CCNCCCCS(=O)(=O)NCC(C)C(C)(C)C. The second-order valence-corrected chi connectivity index (χ2v) is 7.92. The molecule has 0 saturated heterocycles. The average molecular weight is 278 g/mol. The molecule has 0 heterocycles. The fraction of sp³-hybridized carbons (Fsp3) is 1.00. The second-order valence-electron chi connectivity index (χ2n) is 6.00. The van der Waals surface area contributed by atoms with Crippen LogP contribution in [0.5, 0.6) is 0 Å². The van der Waals surface area contributed by atoms with E-state index in [4.69, 9.17) is 0 Å². The van der Waals surface area contributed by atoms with Crippen LogP contribution >= 0.6 is 0 Å². The van der Waals surface area contributed by atoms with E-state index in [1.54, 1.807) is 0 Å². The van der Waals surface area contributed by atoms with Crippen LogP contribution in [0, 0.1) is 11.3 Å². The van der Waals surface area contributed by atoms with E-state index in [0.717, 1.165) is 19.5 Å². The van der Waals surface area contributed by atoms with E-state index in [0.29, 0.717) is 18.9 Å². The first-order valence-corrected chi connectivity index (χ1v) is 8.52. The maximum absolute atomic E-state index is 11.8. The van der Waals surface area contributed by atoms with E-state index in [1.807, 2.05) is 6.92 Å². The summed E-state index contributed by atoms with van der Waals surface area (Å²) in [6.45, 7) is 12.9. The van der Waals surface area contributed by atoms with Gasteiger partial charge >= 0.3 is 0 Å². The Hall–Kier alpha value is -0.130. The molecule has 0 spiro atoms. The van der Waals surface area contributed by atoms with Crippen molar-refractivity contribution in [2.24, 2.45) is 11.3 Å². The molecule has 0 aromatic carbocycles. The lowest BCUT2D eigenvalue weighted by Crippen LogP contribution is -2.35. The van der Waals surface area contributed by atoms with Crippen LogP contribution < -0.4 is 10.0 Å². The van der Waals surface area contributed by atoms with Gasteiger partial charge in [-0.2, -0.15) is 0 Å². The highest BCUT2D eigenvalue weighted by atomic mass is 32.2. The summed E-state index contributed by atoms with van der Waals surface area (Å²) in [5.74, 6) is 0.559. The van der Waals surface area contributed by atoms with Gasteiger partial charge in [0.25, 0.3) is 0 Å². The lowest BCUT2D eigenvalue weighted by atomic mass is 9.82. The lowest BCUT2D eigenvalue weighted by molar-refractivity contribution is 0.263. The molecule has 0 fully saturated rings. The minimum Gasteiger partial charge on any atom is -0.317 e. The molecule has 0 aromatic rings. The van der Waals surface area contributed by atoms with Crippen molar-refractivity contribution in [1.29, 1.82) is 0 Å². The third-order valence-electron chi connectivity index (χ3n) is 3.35. The molecule has 1 atom stereocenters. The van der Waals surface area contributed by atoms with E-state index in [-0.39, 0.29) is 11.2 Å². The van der Waals surface area contributed by atoms with Gasteiger partial charge in [-0.25, -0.2) is 13.1 Å². The fourth-order valence-electron chi connectivity index (χ4n) is 1.35. The quantitative estimate of drug-likeness (QED) is 0.634. The van der Waals surface area contributed by atoms with Gasteiger partial charge in [0.2, 0.25) is 10.0 Å². The van der Waals surface area contributed by atoms with Gasteiger partial charge in [-0.15, -0.1) is 0 Å². The Kier molecular flexibility index (Phi) is 8.06. The molecule has 0 radical (unpaired) electrons. The Labute approximate surface area is 113 Å². The minimum absolute atomic E-state index is 0.133. The molecule has 0 aliphatic heterocycles. The summed E-state index contributed by atoms with van der Waals surface area (Å²) in [6.07, 6.45) is 1.62. The molecule has 1 unspecified atom stereocenters. The van der Waals surface area contributed by atoms with E-state index in [2.05, 4.69) is 37.7 Å². The predicted molar refractivity (Wildman–Crippen MR) is 78.2 cm³/mol. The average Bonchev–Trinajstić information content (AvgIpc) is 2.24. The van der Waals surface area contributed by atoms with Crippen molar-refractivity contribution in [3.63, 3.8) is 0 Å². The van der Waals surface area contributed by atoms with Crippen LogP contribution in [-0.2, 0) is 10.0 Å². The standard InChI is InChI=1S/C13H30N2O2S/c1-6-14-9-7-8-10-18(16,17)15-11-12(2)13(3,4)5/h12,14-15H,6-11H2,1-5H3. The summed E-state index contributed by atoms with van der Waals surface area (Å²) < 4.78 is 26.2. The van der Waals surface area contributed by atoms with E-state index in [1.165, 1.54) is 0 Å². The van der Waals surface area contributed by atoms with Crippen LogP contribution in [0.2, 0.25) is 0 Å². The van der Waals surface area contributed by atoms with Gasteiger partial charge in [0.15, 0.2) is 0 Å². The van der Waals surface area contributed by atoms with Crippen LogP contribution in [-0.4, -0.2) is 33.8 Å². The number of unbranched alkanes of at least 4 members (excludes halogenated alkanes) is 1. The normalized spacial score (nSPS) is 14.7.